The number of non-ortho nitro benzene ring substituents is 1. The summed E-state index contributed by atoms with van der Waals surface area (Å²) < 4.78 is 55.6. The second-order valence-electron chi connectivity index (χ2n) is 7.36. The Morgan fingerprint density at radius 2 is 1.65 bits per heavy atom. The highest BCUT2D eigenvalue weighted by Gasteiger charge is 2.29. The standard InChI is InChI=1S/C19H22ClN3O6S2/c1-13-10-16(23(24)25)12-18(14(13)2)30(26,27)21-15-6-7-17(20)19(11-15)31(28,29)22-8-4-3-5-9-22/h6-7,10-12,21H,3-5,8-9H2,1-2H3. The van der Waals surface area contributed by atoms with Crippen molar-refractivity contribution in [1.82, 2.24) is 4.31 Å². The van der Waals surface area contributed by atoms with Crippen LogP contribution in [0.25, 0.3) is 0 Å². The largest absolute Gasteiger partial charge is 0.280 e. The monoisotopic (exact) mass is 487 g/mol. The molecule has 0 atom stereocenters. The minimum absolute atomic E-state index is 0.0106. The number of sulfonamides is 2. The van der Waals surface area contributed by atoms with Gasteiger partial charge in [-0.1, -0.05) is 18.0 Å². The van der Waals surface area contributed by atoms with E-state index in [4.69, 9.17) is 11.6 Å². The van der Waals surface area contributed by atoms with Gasteiger partial charge in [-0.25, -0.2) is 16.8 Å². The van der Waals surface area contributed by atoms with E-state index in [1.165, 1.54) is 28.6 Å². The lowest BCUT2D eigenvalue weighted by Crippen LogP contribution is -2.35. The molecular weight excluding hydrogens is 466 g/mol. The highest BCUT2D eigenvalue weighted by molar-refractivity contribution is 7.92. The van der Waals surface area contributed by atoms with E-state index in [-0.39, 0.29) is 26.2 Å². The van der Waals surface area contributed by atoms with Crippen molar-refractivity contribution < 1.29 is 21.8 Å². The Balaban J connectivity index is 2.00. The molecule has 9 nitrogen and oxygen atoms in total. The van der Waals surface area contributed by atoms with Crippen molar-refractivity contribution in [2.45, 2.75) is 42.9 Å². The van der Waals surface area contributed by atoms with Crippen molar-refractivity contribution in [3.63, 3.8) is 0 Å². The predicted octanol–water partition coefficient (Wildman–Crippen LogP) is 3.84. The number of aryl methyl sites for hydroxylation is 1. The fourth-order valence-corrected chi connectivity index (χ4v) is 6.82. The summed E-state index contributed by atoms with van der Waals surface area (Å²) in [5, 5.41) is 11.1. The van der Waals surface area contributed by atoms with Gasteiger partial charge in [0.05, 0.1) is 20.5 Å². The zero-order valence-corrected chi connectivity index (χ0v) is 19.3. The van der Waals surface area contributed by atoms with E-state index in [1.54, 1.807) is 13.8 Å². The van der Waals surface area contributed by atoms with Gasteiger partial charge in [-0.2, -0.15) is 4.31 Å². The van der Waals surface area contributed by atoms with E-state index < -0.39 is 25.0 Å². The third-order valence-corrected chi connectivity index (χ3v) is 9.11. The topological polar surface area (TPSA) is 127 Å². The second kappa shape index (κ2) is 8.73. The van der Waals surface area contributed by atoms with E-state index >= 15 is 0 Å². The van der Waals surface area contributed by atoms with Crippen LogP contribution in [0.5, 0.6) is 0 Å². The number of hydrogen-bond acceptors (Lipinski definition) is 6. The van der Waals surface area contributed by atoms with Crippen LogP contribution in [-0.2, 0) is 20.0 Å². The molecular formula is C19H22ClN3O6S2. The molecule has 0 aromatic heterocycles. The highest BCUT2D eigenvalue weighted by atomic mass is 35.5. The number of halogens is 1. The van der Waals surface area contributed by atoms with Crippen molar-refractivity contribution in [3.05, 3.63) is 56.6 Å². The first kappa shape index (κ1) is 23.5. The number of nitrogens with one attached hydrogen (secondary N) is 1. The zero-order chi connectivity index (χ0) is 23.0. The molecule has 2 aromatic rings. The van der Waals surface area contributed by atoms with E-state index in [0.717, 1.165) is 25.3 Å². The Bertz CT molecular complexity index is 1240. The first-order valence-electron chi connectivity index (χ1n) is 9.51. The lowest BCUT2D eigenvalue weighted by molar-refractivity contribution is -0.385. The Hall–Kier alpha value is -2.21. The Morgan fingerprint density at radius 1 is 1.00 bits per heavy atom. The molecule has 0 bridgehead atoms. The molecule has 1 saturated heterocycles. The summed E-state index contributed by atoms with van der Waals surface area (Å²) in [5.74, 6) is 0. The van der Waals surface area contributed by atoms with Crippen LogP contribution in [0.15, 0.2) is 40.1 Å². The van der Waals surface area contributed by atoms with Crippen molar-refractivity contribution >= 4 is 43.0 Å². The first-order chi connectivity index (χ1) is 14.4. The lowest BCUT2D eigenvalue weighted by atomic mass is 10.1. The van der Waals surface area contributed by atoms with Crippen LogP contribution in [0.1, 0.15) is 30.4 Å². The van der Waals surface area contributed by atoms with Gasteiger partial charge in [-0.3, -0.25) is 14.8 Å². The maximum Gasteiger partial charge on any atom is 0.271 e. The van der Waals surface area contributed by atoms with Gasteiger partial charge in [0, 0.05) is 25.2 Å². The summed E-state index contributed by atoms with van der Waals surface area (Å²) in [6.07, 6.45) is 2.44. The Kier molecular flexibility index (Phi) is 6.61. The molecule has 0 spiro atoms. The minimum atomic E-state index is -4.23. The third-order valence-electron chi connectivity index (χ3n) is 5.22. The fraction of sp³-hybridized carbons (Fsp3) is 0.368. The van der Waals surface area contributed by atoms with Crippen molar-refractivity contribution in [3.8, 4) is 0 Å². The van der Waals surface area contributed by atoms with Crippen molar-refractivity contribution in [2.24, 2.45) is 0 Å². The number of nitro groups is 1. The number of anilines is 1. The quantitative estimate of drug-likeness (QED) is 0.487. The molecule has 0 amide bonds. The second-order valence-corrected chi connectivity index (χ2v) is 11.3. The predicted molar refractivity (Wildman–Crippen MR) is 117 cm³/mol. The normalized spacial score (nSPS) is 15.6. The van der Waals surface area contributed by atoms with Crippen LogP contribution in [0.2, 0.25) is 5.02 Å². The maximum absolute atomic E-state index is 13.0. The van der Waals surface area contributed by atoms with Gasteiger partial charge in [0.25, 0.3) is 15.7 Å². The summed E-state index contributed by atoms with van der Waals surface area (Å²) in [5.41, 5.74) is 0.434. The molecule has 3 rings (SSSR count). The van der Waals surface area contributed by atoms with Gasteiger partial charge in [-0.15, -0.1) is 0 Å². The fourth-order valence-electron chi connectivity index (χ4n) is 3.41. The van der Waals surface area contributed by atoms with Crippen molar-refractivity contribution in [2.75, 3.05) is 17.8 Å². The average molecular weight is 488 g/mol. The summed E-state index contributed by atoms with van der Waals surface area (Å²) in [6.45, 7) is 3.87. The van der Waals surface area contributed by atoms with Crippen LogP contribution < -0.4 is 4.72 Å². The summed E-state index contributed by atoms with van der Waals surface area (Å²) in [4.78, 5) is 10.0. The van der Waals surface area contributed by atoms with E-state index in [1.807, 2.05) is 0 Å². The number of nitrogens with zero attached hydrogens (tertiary/aromatic N) is 2. The van der Waals surface area contributed by atoms with Crippen LogP contribution in [0, 0.1) is 24.0 Å². The first-order valence-corrected chi connectivity index (χ1v) is 12.8. The number of nitro benzene ring substituents is 1. The molecule has 0 saturated carbocycles. The van der Waals surface area contributed by atoms with Gasteiger partial charge in [0.15, 0.2) is 0 Å². The third kappa shape index (κ3) is 4.84. The number of piperidine rings is 1. The minimum Gasteiger partial charge on any atom is -0.280 e. The summed E-state index contributed by atoms with van der Waals surface area (Å²) in [6, 6.07) is 6.09. The van der Waals surface area contributed by atoms with E-state index in [2.05, 4.69) is 4.72 Å². The van der Waals surface area contributed by atoms with Gasteiger partial charge >= 0.3 is 0 Å². The van der Waals surface area contributed by atoms with E-state index in [0.29, 0.717) is 24.2 Å². The van der Waals surface area contributed by atoms with Gasteiger partial charge < -0.3 is 0 Å². The summed E-state index contributed by atoms with van der Waals surface area (Å²) >= 11 is 6.13. The SMILES string of the molecule is Cc1cc([N+](=O)[O-])cc(S(=O)(=O)Nc2ccc(Cl)c(S(=O)(=O)N3CCCCC3)c2)c1C. The molecule has 1 N–H and O–H groups in total. The Labute approximate surface area is 186 Å². The smallest absolute Gasteiger partial charge is 0.271 e. The van der Waals surface area contributed by atoms with Crippen LogP contribution >= 0.6 is 11.6 Å². The van der Waals surface area contributed by atoms with Gasteiger partial charge in [-0.05, 0) is 56.0 Å². The van der Waals surface area contributed by atoms with Gasteiger partial charge in [0.2, 0.25) is 10.0 Å². The molecule has 2 aromatic carbocycles. The molecule has 1 aliphatic rings. The maximum atomic E-state index is 13.0. The Morgan fingerprint density at radius 3 is 2.26 bits per heavy atom. The lowest BCUT2D eigenvalue weighted by Gasteiger charge is -2.26. The molecule has 12 heteroatoms. The molecule has 1 heterocycles. The molecule has 0 aliphatic carbocycles. The average Bonchev–Trinajstić information content (AvgIpc) is 2.71. The number of hydrogen-bond donors (Lipinski definition) is 1. The molecule has 0 radical (unpaired) electrons. The van der Waals surface area contributed by atoms with Crippen LogP contribution in [0.3, 0.4) is 0 Å². The number of rotatable bonds is 6. The summed E-state index contributed by atoms with van der Waals surface area (Å²) in [7, 11) is -8.12. The zero-order valence-electron chi connectivity index (χ0n) is 17.0. The van der Waals surface area contributed by atoms with Crippen LogP contribution in [-0.4, -0.2) is 39.2 Å². The number of benzene rings is 2. The van der Waals surface area contributed by atoms with Crippen molar-refractivity contribution in [1.29, 1.82) is 0 Å². The van der Waals surface area contributed by atoms with E-state index in [9.17, 15) is 26.9 Å². The molecule has 31 heavy (non-hydrogen) atoms. The van der Waals surface area contributed by atoms with Gasteiger partial charge in [0.1, 0.15) is 4.90 Å². The molecule has 168 valence electrons. The van der Waals surface area contributed by atoms with Crippen LogP contribution in [0.4, 0.5) is 11.4 Å². The molecule has 1 aliphatic heterocycles. The molecule has 1 fully saturated rings. The highest BCUT2D eigenvalue weighted by Crippen LogP contribution is 2.31. The molecule has 0 unspecified atom stereocenters.